The molecule has 1 heterocycles. The van der Waals surface area contributed by atoms with Gasteiger partial charge in [-0.25, -0.2) is 4.79 Å². The Bertz CT molecular complexity index is 251. The molecule has 0 spiro atoms. The molecule has 1 N–H and O–H groups in total. The monoisotopic (exact) mass is 226 g/mol. The van der Waals surface area contributed by atoms with E-state index in [0.717, 1.165) is 12.8 Å². The van der Waals surface area contributed by atoms with E-state index in [1.54, 1.807) is 0 Å². The summed E-state index contributed by atoms with van der Waals surface area (Å²) in [5, 5.41) is 3.13. The minimum atomic E-state index is 0.0922. The van der Waals surface area contributed by atoms with Gasteiger partial charge in [-0.2, -0.15) is 0 Å². The number of urea groups is 1. The van der Waals surface area contributed by atoms with Crippen molar-refractivity contribution < 1.29 is 9.53 Å². The maximum atomic E-state index is 12.1. The van der Waals surface area contributed by atoms with Crippen LogP contribution < -0.4 is 5.32 Å². The molecule has 2 fully saturated rings. The molecule has 1 saturated heterocycles. The van der Waals surface area contributed by atoms with Crippen LogP contribution in [-0.2, 0) is 4.74 Å². The van der Waals surface area contributed by atoms with Crippen LogP contribution in [0.1, 0.15) is 39.5 Å². The quantitative estimate of drug-likeness (QED) is 0.740. The van der Waals surface area contributed by atoms with Crippen LogP contribution in [0.5, 0.6) is 0 Å². The summed E-state index contributed by atoms with van der Waals surface area (Å²) in [4.78, 5) is 14.0. The van der Waals surface area contributed by atoms with E-state index in [9.17, 15) is 4.79 Å². The number of hydrogen-bond acceptors (Lipinski definition) is 2. The number of ether oxygens (including phenoxy) is 1. The highest BCUT2D eigenvalue weighted by molar-refractivity contribution is 5.75. The number of rotatable bonds is 1. The predicted octanol–water partition coefficient (Wildman–Crippen LogP) is 1.75. The molecule has 0 aromatic heterocycles. The van der Waals surface area contributed by atoms with Crippen molar-refractivity contribution >= 4 is 6.03 Å². The van der Waals surface area contributed by atoms with Crippen molar-refractivity contribution in [1.82, 2.24) is 10.2 Å². The van der Waals surface area contributed by atoms with E-state index >= 15 is 0 Å². The van der Waals surface area contributed by atoms with Crippen molar-refractivity contribution in [2.24, 2.45) is 0 Å². The Morgan fingerprint density at radius 3 is 2.69 bits per heavy atom. The van der Waals surface area contributed by atoms with Gasteiger partial charge >= 0.3 is 6.03 Å². The van der Waals surface area contributed by atoms with Crippen molar-refractivity contribution in [2.75, 3.05) is 13.2 Å². The van der Waals surface area contributed by atoms with Gasteiger partial charge in [-0.15, -0.1) is 0 Å². The highest BCUT2D eigenvalue weighted by Crippen LogP contribution is 2.19. The number of carbonyl (C=O) groups excluding carboxylic acids is 1. The highest BCUT2D eigenvalue weighted by atomic mass is 16.5. The Kier molecular flexibility index (Phi) is 3.69. The fourth-order valence-electron chi connectivity index (χ4n) is 2.51. The minimum Gasteiger partial charge on any atom is -0.375 e. The smallest absolute Gasteiger partial charge is 0.318 e. The molecule has 2 amide bonds. The van der Waals surface area contributed by atoms with Crippen molar-refractivity contribution in [2.45, 2.75) is 57.7 Å². The zero-order valence-corrected chi connectivity index (χ0v) is 10.2. The van der Waals surface area contributed by atoms with E-state index in [1.165, 1.54) is 12.8 Å². The van der Waals surface area contributed by atoms with E-state index in [4.69, 9.17) is 4.74 Å². The molecule has 2 aliphatic rings. The van der Waals surface area contributed by atoms with Gasteiger partial charge in [0.2, 0.25) is 0 Å². The van der Waals surface area contributed by atoms with Gasteiger partial charge in [-0.05, 0) is 26.7 Å². The molecule has 2 unspecified atom stereocenters. The molecule has 4 heteroatoms. The zero-order valence-electron chi connectivity index (χ0n) is 10.2. The normalized spacial score (nSPS) is 31.8. The first kappa shape index (κ1) is 11.7. The van der Waals surface area contributed by atoms with Crippen LogP contribution in [0.3, 0.4) is 0 Å². The molecule has 0 bridgehead atoms. The molecule has 0 aromatic rings. The van der Waals surface area contributed by atoms with Crippen molar-refractivity contribution in [3.05, 3.63) is 0 Å². The lowest BCUT2D eigenvalue weighted by molar-refractivity contribution is -0.0321. The van der Waals surface area contributed by atoms with E-state index in [2.05, 4.69) is 5.32 Å². The van der Waals surface area contributed by atoms with Gasteiger partial charge in [0, 0.05) is 12.6 Å². The molecule has 1 aliphatic carbocycles. The Hall–Kier alpha value is -0.770. The number of carbonyl (C=O) groups is 1. The van der Waals surface area contributed by atoms with Crippen molar-refractivity contribution in [3.63, 3.8) is 0 Å². The average molecular weight is 226 g/mol. The highest BCUT2D eigenvalue weighted by Gasteiger charge is 2.29. The van der Waals surface area contributed by atoms with E-state index in [1.807, 2.05) is 18.7 Å². The van der Waals surface area contributed by atoms with E-state index in [-0.39, 0.29) is 18.2 Å². The third-order valence-corrected chi connectivity index (χ3v) is 3.55. The lowest BCUT2D eigenvalue weighted by Crippen LogP contribution is -2.55. The summed E-state index contributed by atoms with van der Waals surface area (Å²) in [5.41, 5.74) is 0. The second-order valence-corrected chi connectivity index (χ2v) is 5.08. The van der Waals surface area contributed by atoms with E-state index in [0.29, 0.717) is 19.2 Å². The fraction of sp³-hybridized carbons (Fsp3) is 0.917. The summed E-state index contributed by atoms with van der Waals surface area (Å²) in [6.45, 7) is 5.42. The predicted molar refractivity (Wildman–Crippen MR) is 62.4 cm³/mol. The SMILES string of the molecule is CC1CN(C(=O)NC2CCCC2)C(C)CO1. The summed E-state index contributed by atoms with van der Waals surface area (Å²) >= 11 is 0. The molecule has 1 aliphatic heterocycles. The Morgan fingerprint density at radius 1 is 1.31 bits per heavy atom. The third kappa shape index (κ3) is 2.67. The van der Waals surface area contributed by atoms with Crippen molar-refractivity contribution in [1.29, 1.82) is 0 Å². The summed E-state index contributed by atoms with van der Waals surface area (Å²) in [6.07, 6.45) is 4.94. The Labute approximate surface area is 97.3 Å². The lowest BCUT2D eigenvalue weighted by Gasteiger charge is -2.37. The second-order valence-electron chi connectivity index (χ2n) is 5.08. The maximum absolute atomic E-state index is 12.1. The molecule has 1 saturated carbocycles. The minimum absolute atomic E-state index is 0.0922. The molecule has 2 atom stereocenters. The molecule has 2 rings (SSSR count). The summed E-state index contributed by atoms with van der Waals surface area (Å²) in [6, 6.07) is 0.685. The number of hydrogen-bond donors (Lipinski definition) is 1. The fourth-order valence-corrected chi connectivity index (χ4v) is 2.51. The maximum Gasteiger partial charge on any atom is 0.318 e. The molecular formula is C12H22N2O2. The topological polar surface area (TPSA) is 41.6 Å². The van der Waals surface area contributed by atoms with Crippen LogP contribution in [0.15, 0.2) is 0 Å². The second kappa shape index (κ2) is 5.04. The Balaban J connectivity index is 1.86. The average Bonchev–Trinajstić information content (AvgIpc) is 2.74. The largest absolute Gasteiger partial charge is 0.375 e. The van der Waals surface area contributed by atoms with Gasteiger partial charge in [0.05, 0.1) is 18.8 Å². The Morgan fingerprint density at radius 2 is 2.00 bits per heavy atom. The number of morpholine rings is 1. The van der Waals surface area contributed by atoms with Crippen LogP contribution in [-0.4, -0.2) is 42.3 Å². The van der Waals surface area contributed by atoms with Crippen LogP contribution >= 0.6 is 0 Å². The van der Waals surface area contributed by atoms with Crippen LogP contribution in [0, 0.1) is 0 Å². The van der Waals surface area contributed by atoms with Gasteiger partial charge in [0.1, 0.15) is 0 Å². The number of nitrogens with zero attached hydrogens (tertiary/aromatic N) is 1. The summed E-state index contributed by atoms with van der Waals surface area (Å²) in [5.74, 6) is 0. The van der Waals surface area contributed by atoms with Crippen LogP contribution in [0.25, 0.3) is 0 Å². The van der Waals surface area contributed by atoms with Gasteiger partial charge in [0.25, 0.3) is 0 Å². The molecule has 0 radical (unpaired) electrons. The van der Waals surface area contributed by atoms with Gasteiger partial charge in [-0.3, -0.25) is 0 Å². The first-order valence-corrected chi connectivity index (χ1v) is 6.35. The van der Waals surface area contributed by atoms with Crippen LogP contribution in [0.4, 0.5) is 4.79 Å². The molecule has 16 heavy (non-hydrogen) atoms. The first-order chi connectivity index (χ1) is 7.66. The number of nitrogens with one attached hydrogen (secondary N) is 1. The zero-order chi connectivity index (χ0) is 11.5. The number of amides is 2. The summed E-state index contributed by atoms with van der Waals surface area (Å²) < 4.78 is 5.52. The molecule has 4 nitrogen and oxygen atoms in total. The van der Waals surface area contributed by atoms with Gasteiger partial charge in [0.15, 0.2) is 0 Å². The molecular weight excluding hydrogens is 204 g/mol. The first-order valence-electron chi connectivity index (χ1n) is 6.35. The third-order valence-electron chi connectivity index (χ3n) is 3.55. The standard InChI is InChI=1S/C12H22N2O2/c1-9-8-16-10(2)7-14(9)12(15)13-11-5-3-4-6-11/h9-11H,3-8H2,1-2H3,(H,13,15). The van der Waals surface area contributed by atoms with Gasteiger partial charge in [-0.1, -0.05) is 12.8 Å². The van der Waals surface area contributed by atoms with E-state index < -0.39 is 0 Å². The van der Waals surface area contributed by atoms with Gasteiger partial charge < -0.3 is 15.0 Å². The molecule has 92 valence electrons. The van der Waals surface area contributed by atoms with Crippen LogP contribution in [0.2, 0.25) is 0 Å². The summed E-state index contributed by atoms with van der Waals surface area (Å²) in [7, 11) is 0. The van der Waals surface area contributed by atoms with Crippen molar-refractivity contribution in [3.8, 4) is 0 Å². The lowest BCUT2D eigenvalue weighted by atomic mass is 10.2. The molecule has 0 aromatic carbocycles.